The summed E-state index contributed by atoms with van der Waals surface area (Å²) >= 11 is 3.60. The molecule has 0 saturated carbocycles. The molecule has 0 aromatic heterocycles. The summed E-state index contributed by atoms with van der Waals surface area (Å²) in [6, 6.07) is 4.04. The molecule has 0 radical (unpaired) electrons. The summed E-state index contributed by atoms with van der Waals surface area (Å²) in [6.45, 7) is 17.6. The van der Waals surface area contributed by atoms with E-state index in [1.165, 1.54) is 0 Å². The fourth-order valence-corrected chi connectivity index (χ4v) is 5.16. The van der Waals surface area contributed by atoms with E-state index in [0.717, 1.165) is 33.5 Å². The highest BCUT2D eigenvalue weighted by atomic mass is 79.9. The third-order valence-corrected chi connectivity index (χ3v) is 11.3. The second-order valence-electron chi connectivity index (χ2n) is 10.3. The molecule has 0 aliphatic heterocycles. The SMILES string of the molecule is COc1cc(CC2C(=O)C=C(C)CC2(C)C)c(O[Si](C)(C)C(C)(C)C)cc1Br. The Morgan fingerprint density at radius 1 is 1.21 bits per heavy atom. The van der Waals surface area contributed by atoms with Gasteiger partial charge in [-0.25, -0.2) is 0 Å². The van der Waals surface area contributed by atoms with Gasteiger partial charge in [-0.2, -0.15) is 0 Å². The molecule has 0 saturated heterocycles. The number of allylic oxidation sites excluding steroid dienone is 2. The van der Waals surface area contributed by atoms with Crippen LogP contribution in [0.4, 0.5) is 0 Å². The molecule has 0 fully saturated rings. The minimum Gasteiger partial charge on any atom is -0.543 e. The van der Waals surface area contributed by atoms with Gasteiger partial charge in [0.15, 0.2) is 5.78 Å². The average Bonchev–Trinajstić information content (AvgIpc) is 2.50. The van der Waals surface area contributed by atoms with Gasteiger partial charge in [-0.3, -0.25) is 4.79 Å². The smallest absolute Gasteiger partial charge is 0.250 e. The van der Waals surface area contributed by atoms with Crippen LogP contribution < -0.4 is 9.16 Å². The summed E-state index contributed by atoms with van der Waals surface area (Å²) in [5.74, 6) is 1.79. The van der Waals surface area contributed by atoms with E-state index in [0.29, 0.717) is 6.42 Å². The highest BCUT2D eigenvalue weighted by molar-refractivity contribution is 9.10. The number of halogens is 1. The highest BCUT2D eigenvalue weighted by Crippen LogP contribution is 2.45. The van der Waals surface area contributed by atoms with Crippen molar-refractivity contribution in [1.82, 2.24) is 0 Å². The minimum absolute atomic E-state index is 0.0659. The van der Waals surface area contributed by atoms with Gasteiger partial charge in [0.25, 0.3) is 0 Å². The van der Waals surface area contributed by atoms with Crippen LogP contribution in [0.3, 0.4) is 0 Å². The Morgan fingerprint density at radius 2 is 1.82 bits per heavy atom. The van der Waals surface area contributed by atoms with Gasteiger partial charge < -0.3 is 9.16 Å². The maximum absolute atomic E-state index is 12.9. The lowest BCUT2D eigenvalue weighted by Gasteiger charge is -2.39. The van der Waals surface area contributed by atoms with Gasteiger partial charge in [0, 0.05) is 5.92 Å². The van der Waals surface area contributed by atoms with Crippen LogP contribution in [0.25, 0.3) is 0 Å². The van der Waals surface area contributed by atoms with Crippen molar-refractivity contribution >= 4 is 30.0 Å². The molecule has 2 rings (SSSR count). The van der Waals surface area contributed by atoms with Crippen LogP contribution in [0, 0.1) is 11.3 Å². The first-order valence-corrected chi connectivity index (χ1v) is 13.6. The standard InChI is InChI=1S/C23H35BrO3Si/c1-15-10-19(25)17(23(5,6)14-15)11-16-12-21(26-7)18(24)13-20(16)27-28(8,9)22(2,3)4/h10,12-13,17H,11,14H2,1-9H3. The van der Waals surface area contributed by atoms with Crippen molar-refractivity contribution < 1.29 is 14.0 Å². The average molecular weight is 468 g/mol. The molecule has 1 aromatic carbocycles. The molecule has 1 atom stereocenters. The Bertz CT molecular complexity index is 788. The zero-order valence-corrected chi connectivity index (χ0v) is 21.4. The third-order valence-electron chi connectivity index (χ3n) is 6.34. The number of methoxy groups -OCH3 is 1. The minimum atomic E-state index is -2.02. The van der Waals surface area contributed by atoms with Crippen LogP contribution in [0.15, 0.2) is 28.3 Å². The van der Waals surface area contributed by atoms with Crippen LogP contribution in [0.5, 0.6) is 11.5 Å². The Labute approximate surface area is 180 Å². The van der Waals surface area contributed by atoms with Gasteiger partial charge >= 0.3 is 0 Å². The van der Waals surface area contributed by atoms with Crippen molar-refractivity contribution in [2.75, 3.05) is 7.11 Å². The number of benzene rings is 1. The number of rotatable bonds is 5. The first-order valence-electron chi connectivity index (χ1n) is 9.94. The Kier molecular flexibility index (Phi) is 6.62. The monoisotopic (exact) mass is 466 g/mol. The van der Waals surface area contributed by atoms with Crippen molar-refractivity contribution in [3.63, 3.8) is 0 Å². The Balaban J connectivity index is 2.49. The zero-order valence-electron chi connectivity index (χ0n) is 18.8. The molecular formula is C23H35BrO3Si. The van der Waals surface area contributed by atoms with Crippen LogP contribution in [-0.2, 0) is 11.2 Å². The van der Waals surface area contributed by atoms with Crippen LogP contribution >= 0.6 is 15.9 Å². The molecule has 5 heteroatoms. The van der Waals surface area contributed by atoms with E-state index in [9.17, 15) is 4.79 Å². The number of ether oxygens (including phenoxy) is 1. The van der Waals surface area contributed by atoms with Gasteiger partial charge in [-0.1, -0.05) is 40.2 Å². The summed E-state index contributed by atoms with van der Waals surface area (Å²) in [6.07, 6.45) is 3.42. The lowest BCUT2D eigenvalue weighted by molar-refractivity contribution is -0.122. The summed E-state index contributed by atoms with van der Waals surface area (Å²) in [7, 11) is -0.349. The van der Waals surface area contributed by atoms with Crippen LogP contribution in [-0.4, -0.2) is 21.2 Å². The first kappa shape index (κ1) is 23.2. The van der Waals surface area contributed by atoms with Gasteiger partial charge in [-0.05, 0) is 83.0 Å². The summed E-state index contributed by atoms with van der Waals surface area (Å²) in [5.41, 5.74) is 2.13. The predicted octanol–water partition coefficient (Wildman–Crippen LogP) is 6.95. The number of ketones is 1. The van der Waals surface area contributed by atoms with Crippen molar-refractivity contribution in [3.8, 4) is 11.5 Å². The molecule has 0 amide bonds. The third kappa shape index (κ3) is 4.91. The molecule has 1 aliphatic carbocycles. The molecule has 0 spiro atoms. The van der Waals surface area contributed by atoms with Gasteiger partial charge in [0.05, 0.1) is 11.6 Å². The molecule has 0 N–H and O–H groups in total. The fourth-order valence-electron chi connectivity index (χ4n) is 3.63. The van der Waals surface area contributed by atoms with E-state index >= 15 is 0 Å². The quantitative estimate of drug-likeness (QED) is 0.440. The topological polar surface area (TPSA) is 35.5 Å². The van der Waals surface area contributed by atoms with Crippen molar-refractivity contribution in [2.45, 2.75) is 72.5 Å². The summed E-state index contributed by atoms with van der Waals surface area (Å²) in [4.78, 5) is 12.9. The maximum Gasteiger partial charge on any atom is 0.250 e. The molecule has 3 nitrogen and oxygen atoms in total. The maximum atomic E-state index is 12.9. The number of hydrogen-bond acceptors (Lipinski definition) is 3. The number of carbonyl (C=O) groups excluding carboxylic acids is 1. The molecule has 156 valence electrons. The molecular weight excluding hydrogens is 432 g/mol. The van der Waals surface area contributed by atoms with Gasteiger partial charge in [-0.15, -0.1) is 0 Å². The first-order chi connectivity index (χ1) is 12.7. The molecule has 28 heavy (non-hydrogen) atoms. The van der Waals surface area contributed by atoms with Gasteiger partial charge in [0.2, 0.25) is 8.32 Å². The van der Waals surface area contributed by atoms with Gasteiger partial charge in [0.1, 0.15) is 11.5 Å². The Hall–Kier alpha value is -1.07. The number of hydrogen-bond donors (Lipinski definition) is 0. The van der Waals surface area contributed by atoms with E-state index in [1.54, 1.807) is 7.11 Å². The fraction of sp³-hybridized carbons (Fsp3) is 0.609. The molecule has 0 heterocycles. The van der Waals surface area contributed by atoms with Crippen molar-refractivity contribution in [3.05, 3.63) is 33.8 Å². The summed E-state index contributed by atoms with van der Waals surface area (Å²) in [5, 5.41) is 0.0937. The predicted molar refractivity (Wildman–Crippen MR) is 123 cm³/mol. The van der Waals surface area contributed by atoms with Crippen molar-refractivity contribution in [1.29, 1.82) is 0 Å². The second kappa shape index (κ2) is 7.98. The molecule has 1 unspecified atom stereocenters. The molecule has 0 bridgehead atoms. The van der Waals surface area contributed by atoms with Crippen LogP contribution in [0.2, 0.25) is 18.1 Å². The lowest BCUT2D eigenvalue weighted by atomic mass is 9.66. The zero-order chi connectivity index (χ0) is 21.5. The Morgan fingerprint density at radius 3 is 2.32 bits per heavy atom. The van der Waals surface area contributed by atoms with Crippen LogP contribution in [0.1, 0.15) is 53.5 Å². The number of carbonyl (C=O) groups is 1. The van der Waals surface area contributed by atoms with E-state index < -0.39 is 8.32 Å². The second-order valence-corrected chi connectivity index (χ2v) is 15.9. The van der Waals surface area contributed by atoms with Crippen molar-refractivity contribution in [2.24, 2.45) is 11.3 Å². The largest absolute Gasteiger partial charge is 0.543 e. The van der Waals surface area contributed by atoms with E-state index in [1.807, 2.05) is 25.1 Å². The van der Waals surface area contributed by atoms with E-state index in [-0.39, 0.29) is 22.2 Å². The van der Waals surface area contributed by atoms with E-state index in [4.69, 9.17) is 9.16 Å². The molecule has 1 aliphatic rings. The summed E-state index contributed by atoms with van der Waals surface area (Å²) < 4.78 is 13.1. The highest BCUT2D eigenvalue weighted by Gasteiger charge is 2.41. The molecule has 1 aromatic rings. The normalized spacial score (nSPS) is 20.0. The lowest BCUT2D eigenvalue weighted by Crippen LogP contribution is -2.44. The van der Waals surface area contributed by atoms with E-state index in [2.05, 4.69) is 63.6 Å².